The molecule has 2 aromatic rings. The summed E-state index contributed by atoms with van der Waals surface area (Å²) >= 11 is 12.0. The van der Waals surface area contributed by atoms with Crippen LogP contribution in [0.1, 0.15) is 48.7 Å². The Morgan fingerprint density at radius 1 is 1.19 bits per heavy atom. The van der Waals surface area contributed by atoms with Crippen molar-refractivity contribution in [3.8, 4) is 0 Å². The highest BCUT2D eigenvalue weighted by Gasteiger charge is 2.18. The first kappa shape index (κ1) is 19.1. The molecular formula is C21H24Cl2N2O. The third-order valence-corrected chi connectivity index (χ3v) is 5.49. The van der Waals surface area contributed by atoms with Crippen molar-refractivity contribution in [2.24, 2.45) is 5.92 Å². The fourth-order valence-corrected chi connectivity index (χ4v) is 3.92. The summed E-state index contributed by atoms with van der Waals surface area (Å²) < 4.78 is 0. The summed E-state index contributed by atoms with van der Waals surface area (Å²) in [4.78, 5) is 14.9. The van der Waals surface area contributed by atoms with E-state index >= 15 is 0 Å². The predicted molar refractivity (Wildman–Crippen MR) is 109 cm³/mol. The zero-order valence-electron chi connectivity index (χ0n) is 15.1. The van der Waals surface area contributed by atoms with Crippen molar-refractivity contribution in [1.82, 2.24) is 5.32 Å². The van der Waals surface area contributed by atoms with Crippen molar-refractivity contribution in [3.63, 3.8) is 0 Å². The van der Waals surface area contributed by atoms with Gasteiger partial charge >= 0.3 is 0 Å². The Morgan fingerprint density at radius 3 is 2.58 bits per heavy atom. The highest BCUT2D eigenvalue weighted by molar-refractivity contribution is 6.36. The second kappa shape index (κ2) is 8.32. The van der Waals surface area contributed by atoms with Crippen LogP contribution >= 0.6 is 23.2 Å². The van der Waals surface area contributed by atoms with Gasteiger partial charge in [-0.2, -0.15) is 0 Å². The maximum atomic E-state index is 12.5. The number of halogens is 2. The first-order valence-electron chi connectivity index (χ1n) is 9.05. The number of nitrogens with one attached hydrogen (secondary N) is 1. The predicted octanol–water partition coefficient (Wildman–Crippen LogP) is 5.72. The number of amides is 1. The Morgan fingerprint density at radius 2 is 1.92 bits per heavy atom. The number of rotatable bonds is 4. The molecule has 3 nitrogen and oxygen atoms in total. The molecule has 0 radical (unpaired) electrons. The summed E-state index contributed by atoms with van der Waals surface area (Å²) in [6, 6.07) is 13.2. The molecule has 0 bridgehead atoms. The second-order valence-electron chi connectivity index (χ2n) is 7.10. The van der Waals surface area contributed by atoms with E-state index in [0.717, 1.165) is 24.6 Å². The van der Waals surface area contributed by atoms with Gasteiger partial charge < -0.3 is 10.2 Å². The average Bonchev–Trinajstić information content (AvgIpc) is 2.61. The largest absolute Gasteiger partial charge is 0.371 e. The van der Waals surface area contributed by atoms with E-state index in [4.69, 9.17) is 23.2 Å². The molecule has 0 saturated carbocycles. The smallest absolute Gasteiger partial charge is 0.253 e. The van der Waals surface area contributed by atoms with E-state index in [1.54, 1.807) is 18.2 Å². The molecule has 1 N–H and O–H groups in total. The Bertz CT molecular complexity index is 776. The molecule has 3 rings (SSSR count). The Labute approximate surface area is 165 Å². The molecule has 138 valence electrons. The van der Waals surface area contributed by atoms with E-state index in [1.165, 1.54) is 18.5 Å². The topological polar surface area (TPSA) is 32.3 Å². The molecule has 0 spiro atoms. The lowest BCUT2D eigenvalue weighted by atomic mass is 9.99. The van der Waals surface area contributed by atoms with Crippen LogP contribution in [-0.4, -0.2) is 19.0 Å². The molecule has 1 aliphatic heterocycles. The van der Waals surface area contributed by atoms with Gasteiger partial charge in [-0.15, -0.1) is 0 Å². The Balaban J connectivity index is 1.66. The van der Waals surface area contributed by atoms with Crippen molar-refractivity contribution < 1.29 is 4.79 Å². The minimum atomic E-state index is -0.201. The first-order valence-corrected chi connectivity index (χ1v) is 9.80. The molecule has 5 heteroatoms. The summed E-state index contributed by atoms with van der Waals surface area (Å²) in [5, 5.41) is 3.87. The van der Waals surface area contributed by atoms with Crippen LogP contribution in [0, 0.1) is 5.92 Å². The van der Waals surface area contributed by atoms with Gasteiger partial charge in [-0.3, -0.25) is 4.79 Å². The van der Waals surface area contributed by atoms with Crippen molar-refractivity contribution in [2.75, 3.05) is 18.0 Å². The van der Waals surface area contributed by atoms with E-state index in [9.17, 15) is 4.79 Å². The number of piperidine rings is 1. The summed E-state index contributed by atoms with van der Waals surface area (Å²) in [6.07, 6.45) is 2.56. The quantitative estimate of drug-likeness (QED) is 0.723. The molecular weight excluding hydrogens is 367 g/mol. The van der Waals surface area contributed by atoms with Gasteiger partial charge in [-0.25, -0.2) is 0 Å². The molecule has 0 unspecified atom stereocenters. The average molecular weight is 391 g/mol. The van der Waals surface area contributed by atoms with Crippen molar-refractivity contribution in [2.45, 2.75) is 32.7 Å². The van der Waals surface area contributed by atoms with Crippen LogP contribution in [0.3, 0.4) is 0 Å². The van der Waals surface area contributed by atoms with Crippen molar-refractivity contribution in [1.29, 1.82) is 0 Å². The summed E-state index contributed by atoms with van der Waals surface area (Å²) in [5.41, 5.74) is 2.75. The molecule has 26 heavy (non-hydrogen) atoms. The van der Waals surface area contributed by atoms with Crippen LogP contribution in [0.15, 0.2) is 42.5 Å². The van der Waals surface area contributed by atoms with Crippen LogP contribution in [-0.2, 0) is 0 Å². The van der Waals surface area contributed by atoms with Gasteiger partial charge in [0, 0.05) is 23.8 Å². The lowest BCUT2D eigenvalue weighted by Crippen LogP contribution is -2.34. The third-order valence-electron chi connectivity index (χ3n) is 4.94. The van der Waals surface area contributed by atoms with Crippen LogP contribution in [0.25, 0.3) is 0 Å². The fraction of sp³-hybridized carbons (Fsp3) is 0.381. The summed E-state index contributed by atoms with van der Waals surface area (Å²) in [7, 11) is 0. The molecule has 0 aromatic heterocycles. The van der Waals surface area contributed by atoms with Gasteiger partial charge in [0.25, 0.3) is 5.91 Å². The van der Waals surface area contributed by atoms with Crippen molar-refractivity contribution in [3.05, 3.63) is 63.6 Å². The Kier molecular flexibility index (Phi) is 6.10. The highest BCUT2D eigenvalue weighted by Crippen LogP contribution is 2.25. The van der Waals surface area contributed by atoms with E-state index in [-0.39, 0.29) is 11.9 Å². The third kappa shape index (κ3) is 4.52. The van der Waals surface area contributed by atoms with Gasteiger partial charge in [-0.1, -0.05) is 42.3 Å². The number of benzene rings is 2. The van der Waals surface area contributed by atoms with Gasteiger partial charge in [0.1, 0.15) is 0 Å². The first-order chi connectivity index (χ1) is 12.4. The molecule has 0 aliphatic carbocycles. The second-order valence-corrected chi connectivity index (χ2v) is 7.95. The van der Waals surface area contributed by atoms with E-state index < -0.39 is 0 Å². The maximum absolute atomic E-state index is 12.5. The van der Waals surface area contributed by atoms with E-state index in [1.807, 2.05) is 6.92 Å². The number of carbonyl (C=O) groups excluding carboxylic acids is 1. The number of hydrogen-bond donors (Lipinski definition) is 1. The molecule has 1 amide bonds. The number of carbonyl (C=O) groups is 1. The molecule has 1 aliphatic rings. The highest BCUT2D eigenvalue weighted by atomic mass is 35.5. The fourth-order valence-electron chi connectivity index (χ4n) is 3.43. The van der Waals surface area contributed by atoms with Gasteiger partial charge in [-0.05, 0) is 61.6 Å². The monoisotopic (exact) mass is 390 g/mol. The summed E-state index contributed by atoms with van der Waals surface area (Å²) in [5.74, 6) is 0.541. The molecule has 1 saturated heterocycles. The lowest BCUT2D eigenvalue weighted by Gasteiger charge is -2.33. The normalized spacial score (nSPS) is 18.5. The van der Waals surface area contributed by atoms with Crippen LogP contribution < -0.4 is 10.2 Å². The SMILES string of the molecule is C[C@H]1CCCN(c2ccc([C@H](C)NC(=O)c3ccc(Cl)cc3Cl)cc2)C1. The number of anilines is 1. The van der Waals surface area contributed by atoms with Crippen LogP contribution in [0.4, 0.5) is 5.69 Å². The van der Waals surface area contributed by atoms with E-state index in [2.05, 4.69) is 41.4 Å². The molecule has 2 atom stereocenters. The maximum Gasteiger partial charge on any atom is 0.253 e. The number of nitrogens with zero attached hydrogens (tertiary/aromatic N) is 1. The van der Waals surface area contributed by atoms with Gasteiger partial charge in [0.2, 0.25) is 0 Å². The molecule has 1 fully saturated rings. The number of hydrogen-bond acceptors (Lipinski definition) is 2. The van der Waals surface area contributed by atoms with E-state index in [0.29, 0.717) is 15.6 Å². The Hall–Kier alpha value is -1.71. The molecule has 1 heterocycles. The minimum Gasteiger partial charge on any atom is -0.371 e. The molecule has 2 aromatic carbocycles. The lowest BCUT2D eigenvalue weighted by molar-refractivity contribution is 0.0940. The zero-order valence-corrected chi connectivity index (χ0v) is 16.6. The minimum absolute atomic E-state index is 0.108. The zero-order chi connectivity index (χ0) is 18.7. The standard InChI is InChI=1S/C21H24Cl2N2O/c1-14-4-3-11-25(13-14)18-8-5-16(6-9-18)15(2)24-21(26)19-10-7-17(22)12-20(19)23/h5-10,12,14-15H,3-4,11,13H2,1-2H3,(H,24,26)/t14-,15-/m0/s1. The van der Waals surface area contributed by atoms with Crippen LogP contribution in [0.5, 0.6) is 0 Å². The van der Waals surface area contributed by atoms with Crippen molar-refractivity contribution >= 4 is 34.8 Å². The van der Waals surface area contributed by atoms with Gasteiger partial charge in [0.15, 0.2) is 0 Å². The van der Waals surface area contributed by atoms with Gasteiger partial charge in [0.05, 0.1) is 16.6 Å². The summed E-state index contributed by atoms with van der Waals surface area (Å²) in [6.45, 7) is 6.51. The van der Waals surface area contributed by atoms with Crippen LogP contribution in [0.2, 0.25) is 10.0 Å².